The lowest BCUT2D eigenvalue weighted by Crippen LogP contribution is -2.31. The van der Waals surface area contributed by atoms with Crippen molar-refractivity contribution in [1.82, 2.24) is 15.1 Å². The molecule has 0 bridgehead atoms. The second-order valence-corrected chi connectivity index (χ2v) is 5.17. The number of rotatable bonds is 6. The first-order valence-electron chi connectivity index (χ1n) is 5.94. The summed E-state index contributed by atoms with van der Waals surface area (Å²) in [7, 11) is 0. The van der Waals surface area contributed by atoms with Gasteiger partial charge in [-0.25, -0.2) is 5.84 Å². The van der Waals surface area contributed by atoms with Gasteiger partial charge >= 0.3 is 0 Å². The number of hydrogen-bond donors (Lipinski definition) is 2. The highest BCUT2D eigenvalue weighted by Gasteiger charge is 2.19. The number of aromatic nitrogens is 2. The number of hydrazine groups is 1. The van der Waals surface area contributed by atoms with E-state index in [4.69, 9.17) is 10.6 Å². The molecule has 6 nitrogen and oxygen atoms in total. The fourth-order valence-corrected chi connectivity index (χ4v) is 2.64. The van der Waals surface area contributed by atoms with Crippen molar-refractivity contribution >= 4 is 16.5 Å². The minimum atomic E-state index is 0.384. The van der Waals surface area contributed by atoms with Gasteiger partial charge < -0.3 is 4.74 Å². The predicted octanol–water partition coefficient (Wildman–Crippen LogP) is 0.825. The highest BCUT2D eigenvalue weighted by Crippen LogP contribution is 2.18. The van der Waals surface area contributed by atoms with Crippen molar-refractivity contribution in [3.8, 4) is 0 Å². The van der Waals surface area contributed by atoms with Gasteiger partial charge in [-0.05, 0) is 19.4 Å². The van der Waals surface area contributed by atoms with Crippen LogP contribution in [0.15, 0.2) is 0 Å². The van der Waals surface area contributed by atoms with Crippen LogP contribution >= 0.6 is 11.3 Å². The van der Waals surface area contributed by atoms with E-state index in [-0.39, 0.29) is 0 Å². The maximum Gasteiger partial charge on any atom is 0.219 e. The zero-order chi connectivity index (χ0) is 12.1. The molecule has 0 aromatic carbocycles. The molecule has 0 radical (unpaired) electrons. The smallest absolute Gasteiger partial charge is 0.219 e. The highest BCUT2D eigenvalue weighted by atomic mass is 32.1. The van der Waals surface area contributed by atoms with Crippen LogP contribution in [0, 0.1) is 0 Å². The Morgan fingerprint density at radius 2 is 2.47 bits per heavy atom. The minimum absolute atomic E-state index is 0.384. The van der Waals surface area contributed by atoms with E-state index < -0.39 is 0 Å². The first-order chi connectivity index (χ1) is 8.31. The van der Waals surface area contributed by atoms with Crippen LogP contribution in [-0.2, 0) is 11.3 Å². The van der Waals surface area contributed by atoms with Crippen LogP contribution in [0.1, 0.15) is 24.8 Å². The summed E-state index contributed by atoms with van der Waals surface area (Å²) in [6, 6.07) is 0. The average Bonchev–Trinajstić information content (AvgIpc) is 2.99. The number of nitrogens with two attached hydrogens (primary N) is 1. The molecule has 0 saturated carbocycles. The number of nitrogens with one attached hydrogen (secondary N) is 1. The van der Waals surface area contributed by atoms with Crippen LogP contribution in [-0.4, -0.2) is 40.9 Å². The van der Waals surface area contributed by atoms with Crippen molar-refractivity contribution in [2.45, 2.75) is 32.4 Å². The van der Waals surface area contributed by atoms with Crippen molar-refractivity contribution in [2.75, 3.05) is 25.1 Å². The van der Waals surface area contributed by atoms with Gasteiger partial charge in [0.05, 0.1) is 12.6 Å². The largest absolute Gasteiger partial charge is 0.377 e. The van der Waals surface area contributed by atoms with Gasteiger partial charge in [0.15, 0.2) is 0 Å². The molecule has 1 saturated heterocycles. The molecule has 3 N–H and O–H groups in total. The van der Waals surface area contributed by atoms with Crippen LogP contribution in [0.2, 0.25) is 0 Å². The first-order valence-corrected chi connectivity index (χ1v) is 6.76. The fourth-order valence-electron chi connectivity index (χ4n) is 1.95. The molecule has 0 aliphatic carbocycles. The lowest BCUT2D eigenvalue weighted by Gasteiger charge is -2.22. The average molecular weight is 257 g/mol. The maximum atomic E-state index is 5.64. The molecule has 96 valence electrons. The van der Waals surface area contributed by atoms with Gasteiger partial charge in [0.1, 0.15) is 5.01 Å². The molecule has 17 heavy (non-hydrogen) atoms. The molecule has 1 aliphatic rings. The molecular formula is C10H19N5OS. The fraction of sp³-hybridized carbons (Fsp3) is 0.800. The summed E-state index contributed by atoms with van der Waals surface area (Å²) in [5.74, 6) is 5.28. The van der Waals surface area contributed by atoms with E-state index in [2.05, 4.69) is 27.4 Å². The Hall–Kier alpha value is -0.760. The lowest BCUT2D eigenvalue weighted by molar-refractivity contribution is 0.0724. The molecule has 2 rings (SSSR count). The summed E-state index contributed by atoms with van der Waals surface area (Å²) in [5.41, 5.74) is 2.51. The van der Waals surface area contributed by atoms with Crippen molar-refractivity contribution in [3.63, 3.8) is 0 Å². The van der Waals surface area contributed by atoms with Crippen LogP contribution in [0.5, 0.6) is 0 Å². The number of hydrogen-bond acceptors (Lipinski definition) is 7. The number of likely N-dealkylation sites (N-methyl/N-ethyl adjacent to an activating group) is 1. The van der Waals surface area contributed by atoms with Gasteiger partial charge in [0, 0.05) is 13.2 Å². The molecule has 1 aliphatic heterocycles. The predicted molar refractivity (Wildman–Crippen MR) is 67.6 cm³/mol. The third kappa shape index (κ3) is 3.60. The van der Waals surface area contributed by atoms with E-state index in [1.807, 2.05) is 0 Å². The van der Waals surface area contributed by atoms with Crippen LogP contribution in [0.3, 0.4) is 0 Å². The van der Waals surface area contributed by atoms with E-state index in [1.165, 1.54) is 24.2 Å². The van der Waals surface area contributed by atoms with Gasteiger partial charge in [-0.15, -0.1) is 10.2 Å². The molecule has 0 spiro atoms. The zero-order valence-corrected chi connectivity index (χ0v) is 10.9. The summed E-state index contributed by atoms with van der Waals surface area (Å²) < 4.78 is 5.64. The number of ether oxygens (including phenoxy) is 1. The molecule has 1 aromatic heterocycles. The van der Waals surface area contributed by atoms with Crippen LogP contribution in [0.25, 0.3) is 0 Å². The van der Waals surface area contributed by atoms with Crippen LogP contribution < -0.4 is 11.3 Å². The first kappa shape index (κ1) is 12.7. The molecule has 1 unspecified atom stereocenters. The van der Waals surface area contributed by atoms with Crippen molar-refractivity contribution in [2.24, 2.45) is 5.84 Å². The van der Waals surface area contributed by atoms with Gasteiger partial charge in [0.25, 0.3) is 0 Å². The maximum absolute atomic E-state index is 5.64. The molecule has 1 atom stereocenters. The topological polar surface area (TPSA) is 76.3 Å². The normalized spacial score (nSPS) is 20.1. The Kier molecular flexibility index (Phi) is 4.66. The van der Waals surface area contributed by atoms with Gasteiger partial charge in [0.2, 0.25) is 5.13 Å². The number of nitrogens with zero attached hydrogens (tertiary/aromatic N) is 3. The minimum Gasteiger partial charge on any atom is -0.377 e. The Morgan fingerprint density at radius 3 is 3.06 bits per heavy atom. The van der Waals surface area contributed by atoms with E-state index in [1.54, 1.807) is 0 Å². The Balaban J connectivity index is 1.85. The molecule has 1 aromatic rings. The summed E-state index contributed by atoms with van der Waals surface area (Å²) >= 11 is 1.49. The third-order valence-corrected chi connectivity index (χ3v) is 3.72. The Labute approximate surface area is 105 Å². The van der Waals surface area contributed by atoms with Crippen molar-refractivity contribution in [1.29, 1.82) is 0 Å². The monoisotopic (exact) mass is 257 g/mol. The standard InChI is InChI=1S/C10H19N5OS/c1-2-15(6-8-4-3-5-16-8)7-9-13-14-10(12-11)17-9/h8H,2-7,11H2,1H3,(H,12,14). The Bertz CT molecular complexity index is 339. The van der Waals surface area contributed by atoms with Crippen molar-refractivity contribution < 1.29 is 4.74 Å². The summed E-state index contributed by atoms with van der Waals surface area (Å²) in [4.78, 5) is 2.33. The molecule has 1 fully saturated rings. The van der Waals surface area contributed by atoms with Crippen molar-refractivity contribution in [3.05, 3.63) is 5.01 Å². The summed E-state index contributed by atoms with van der Waals surface area (Å²) in [6.45, 7) is 5.84. The zero-order valence-electron chi connectivity index (χ0n) is 10.1. The molecule has 0 amide bonds. The van der Waals surface area contributed by atoms with E-state index >= 15 is 0 Å². The molecular weight excluding hydrogens is 238 g/mol. The second-order valence-electron chi connectivity index (χ2n) is 4.11. The van der Waals surface area contributed by atoms with Gasteiger partial charge in [-0.1, -0.05) is 18.3 Å². The highest BCUT2D eigenvalue weighted by molar-refractivity contribution is 7.15. The second kappa shape index (κ2) is 6.25. The number of nitrogen functional groups attached to an aromatic ring is 1. The number of anilines is 1. The van der Waals surface area contributed by atoms with Crippen LogP contribution in [0.4, 0.5) is 5.13 Å². The quantitative estimate of drug-likeness (QED) is 0.580. The SMILES string of the molecule is CCN(Cc1nnc(NN)s1)CC1CCCO1. The van der Waals surface area contributed by atoms with Gasteiger partial charge in [-0.2, -0.15) is 0 Å². The summed E-state index contributed by atoms with van der Waals surface area (Å²) in [6.07, 6.45) is 2.74. The Morgan fingerprint density at radius 1 is 1.59 bits per heavy atom. The summed E-state index contributed by atoms with van der Waals surface area (Å²) in [5, 5.41) is 9.67. The van der Waals surface area contributed by atoms with Gasteiger partial charge in [-0.3, -0.25) is 10.3 Å². The molecule has 7 heteroatoms. The third-order valence-electron chi connectivity index (χ3n) is 2.88. The van der Waals surface area contributed by atoms with E-state index in [0.717, 1.165) is 31.2 Å². The molecule has 2 heterocycles. The van der Waals surface area contributed by atoms with E-state index in [0.29, 0.717) is 11.2 Å². The van der Waals surface area contributed by atoms with E-state index in [9.17, 15) is 0 Å². The lowest BCUT2D eigenvalue weighted by atomic mass is 10.2.